The predicted molar refractivity (Wildman–Crippen MR) is 65.4 cm³/mol. The van der Waals surface area contributed by atoms with Crippen molar-refractivity contribution in [2.24, 2.45) is 12.8 Å². The average molecular weight is 246 g/mol. The summed E-state index contributed by atoms with van der Waals surface area (Å²) in [6, 6.07) is 0. The van der Waals surface area contributed by atoms with Gasteiger partial charge in [-0.3, -0.25) is 0 Å². The lowest BCUT2D eigenvalue weighted by Gasteiger charge is -2.26. The highest BCUT2D eigenvalue weighted by Crippen LogP contribution is 2.14. The number of aromatic nitrogens is 2. The lowest BCUT2D eigenvalue weighted by Crippen LogP contribution is -2.43. The third-order valence-electron chi connectivity index (χ3n) is 3.06. The van der Waals surface area contributed by atoms with E-state index in [2.05, 4.69) is 18.8 Å². The number of hydrogen-bond donors (Lipinski definition) is 1. The normalized spacial score (nSPS) is 12.1. The molecule has 4 nitrogen and oxygen atoms in total. The summed E-state index contributed by atoms with van der Waals surface area (Å²) in [5, 5.41) is 0.614. The Balaban J connectivity index is 2.44. The lowest BCUT2D eigenvalue weighted by atomic mass is 9.96. The molecule has 0 spiro atoms. The van der Waals surface area contributed by atoms with E-state index in [0.29, 0.717) is 18.4 Å². The van der Waals surface area contributed by atoms with Gasteiger partial charge in [0.1, 0.15) is 17.6 Å². The molecule has 0 radical (unpaired) electrons. The molecule has 5 heteroatoms. The van der Waals surface area contributed by atoms with Crippen molar-refractivity contribution in [2.75, 3.05) is 6.61 Å². The van der Waals surface area contributed by atoms with Crippen molar-refractivity contribution in [3.05, 3.63) is 17.2 Å². The second-order valence-electron chi connectivity index (χ2n) is 4.12. The average Bonchev–Trinajstić information content (AvgIpc) is 2.60. The van der Waals surface area contributed by atoms with Crippen LogP contribution >= 0.6 is 11.6 Å². The van der Waals surface area contributed by atoms with Crippen molar-refractivity contribution in [1.82, 2.24) is 9.55 Å². The zero-order valence-electron chi connectivity index (χ0n) is 10.2. The Morgan fingerprint density at radius 2 is 2.12 bits per heavy atom. The van der Waals surface area contributed by atoms with Gasteiger partial charge in [0, 0.05) is 12.6 Å². The maximum absolute atomic E-state index is 6.13. The van der Waals surface area contributed by atoms with Crippen LogP contribution in [0.2, 0.25) is 5.15 Å². The second-order valence-corrected chi connectivity index (χ2v) is 4.51. The molecule has 0 aliphatic carbocycles. The van der Waals surface area contributed by atoms with Gasteiger partial charge in [-0.05, 0) is 12.8 Å². The summed E-state index contributed by atoms with van der Waals surface area (Å²) >= 11 is 5.87. The van der Waals surface area contributed by atoms with Gasteiger partial charge >= 0.3 is 0 Å². The standard InChI is InChI=1S/C11H20ClN3O/c1-4-11(13,5-2)8-16-7-10-14-6-9(12)15(10)3/h6H,4-5,7-8,13H2,1-3H3. The van der Waals surface area contributed by atoms with Gasteiger partial charge in [0.25, 0.3) is 0 Å². The van der Waals surface area contributed by atoms with Gasteiger partial charge in [0.05, 0.1) is 12.8 Å². The number of imidazole rings is 1. The fourth-order valence-electron chi connectivity index (χ4n) is 1.36. The number of rotatable bonds is 6. The summed E-state index contributed by atoms with van der Waals surface area (Å²) in [7, 11) is 1.86. The molecule has 1 heterocycles. The molecule has 0 fully saturated rings. The molecule has 0 saturated heterocycles. The second kappa shape index (κ2) is 5.66. The van der Waals surface area contributed by atoms with Crippen molar-refractivity contribution in [3.8, 4) is 0 Å². The Kier molecular flexibility index (Phi) is 4.77. The Morgan fingerprint density at radius 1 is 1.50 bits per heavy atom. The van der Waals surface area contributed by atoms with Crippen LogP contribution in [0.25, 0.3) is 0 Å². The van der Waals surface area contributed by atoms with Crippen LogP contribution in [0, 0.1) is 0 Å². The molecular formula is C11H20ClN3O. The molecule has 0 amide bonds. The van der Waals surface area contributed by atoms with Gasteiger partial charge < -0.3 is 15.0 Å². The number of hydrogen-bond acceptors (Lipinski definition) is 3. The van der Waals surface area contributed by atoms with Crippen molar-refractivity contribution < 1.29 is 4.74 Å². The zero-order chi connectivity index (χ0) is 12.2. The summed E-state index contributed by atoms with van der Waals surface area (Å²) in [5.74, 6) is 0.819. The van der Waals surface area contributed by atoms with Gasteiger partial charge in [-0.2, -0.15) is 0 Å². The fraction of sp³-hybridized carbons (Fsp3) is 0.727. The largest absolute Gasteiger partial charge is 0.372 e. The lowest BCUT2D eigenvalue weighted by molar-refractivity contribution is 0.0645. The maximum Gasteiger partial charge on any atom is 0.135 e. The van der Waals surface area contributed by atoms with Crippen molar-refractivity contribution in [2.45, 2.75) is 38.8 Å². The minimum atomic E-state index is -0.227. The van der Waals surface area contributed by atoms with Crippen LogP contribution in [-0.4, -0.2) is 21.7 Å². The van der Waals surface area contributed by atoms with E-state index in [9.17, 15) is 0 Å². The molecule has 0 saturated carbocycles. The minimum absolute atomic E-state index is 0.227. The van der Waals surface area contributed by atoms with E-state index in [1.165, 1.54) is 0 Å². The summed E-state index contributed by atoms with van der Waals surface area (Å²) < 4.78 is 7.40. The topological polar surface area (TPSA) is 53.1 Å². The maximum atomic E-state index is 6.13. The number of nitrogens with two attached hydrogens (primary N) is 1. The van der Waals surface area contributed by atoms with Crippen LogP contribution < -0.4 is 5.73 Å². The minimum Gasteiger partial charge on any atom is -0.372 e. The van der Waals surface area contributed by atoms with E-state index in [1.807, 2.05) is 7.05 Å². The van der Waals surface area contributed by atoms with Crippen molar-refractivity contribution in [3.63, 3.8) is 0 Å². The van der Waals surface area contributed by atoms with E-state index < -0.39 is 0 Å². The van der Waals surface area contributed by atoms with Crippen LogP contribution in [0.1, 0.15) is 32.5 Å². The molecule has 92 valence electrons. The molecule has 0 unspecified atom stereocenters. The zero-order valence-corrected chi connectivity index (χ0v) is 10.9. The monoisotopic (exact) mass is 245 g/mol. The van der Waals surface area contributed by atoms with Gasteiger partial charge in [0.2, 0.25) is 0 Å². The van der Waals surface area contributed by atoms with Crippen LogP contribution in [-0.2, 0) is 18.4 Å². The highest BCUT2D eigenvalue weighted by Gasteiger charge is 2.20. The van der Waals surface area contributed by atoms with E-state index >= 15 is 0 Å². The van der Waals surface area contributed by atoms with Crippen LogP contribution in [0.5, 0.6) is 0 Å². The molecule has 16 heavy (non-hydrogen) atoms. The molecule has 0 bridgehead atoms. The highest BCUT2D eigenvalue weighted by molar-refractivity contribution is 6.29. The van der Waals surface area contributed by atoms with Crippen LogP contribution in [0.4, 0.5) is 0 Å². The first-order chi connectivity index (χ1) is 7.52. The summed E-state index contributed by atoms with van der Waals surface area (Å²) in [5.41, 5.74) is 5.90. The van der Waals surface area contributed by atoms with Gasteiger partial charge in [-0.25, -0.2) is 4.98 Å². The van der Waals surface area contributed by atoms with E-state index in [4.69, 9.17) is 22.1 Å². The third kappa shape index (κ3) is 3.20. The van der Waals surface area contributed by atoms with Crippen molar-refractivity contribution in [1.29, 1.82) is 0 Å². The van der Waals surface area contributed by atoms with Gasteiger partial charge in [-0.15, -0.1) is 0 Å². The highest BCUT2D eigenvalue weighted by atomic mass is 35.5. The smallest absolute Gasteiger partial charge is 0.135 e. The SMILES string of the molecule is CCC(N)(CC)COCc1ncc(Cl)n1C. The molecule has 2 N–H and O–H groups in total. The molecule has 1 aromatic heterocycles. The Morgan fingerprint density at radius 3 is 2.56 bits per heavy atom. The first-order valence-electron chi connectivity index (χ1n) is 5.55. The number of halogens is 1. The molecule has 0 aliphatic rings. The Bertz CT molecular complexity index is 334. The third-order valence-corrected chi connectivity index (χ3v) is 3.41. The number of ether oxygens (including phenoxy) is 1. The summed E-state index contributed by atoms with van der Waals surface area (Å²) in [6.45, 7) is 5.14. The van der Waals surface area contributed by atoms with Crippen LogP contribution in [0.3, 0.4) is 0 Å². The molecule has 0 aliphatic heterocycles. The van der Waals surface area contributed by atoms with Crippen LogP contribution in [0.15, 0.2) is 6.20 Å². The molecule has 1 rings (SSSR count). The molecular weight excluding hydrogens is 226 g/mol. The predicted octanol–water partition coefficient (Wildman–Crippen LogP) is 2.11. The first kappa shape index (κ1) is 13.5. The van der Waals surface area contributed by atoms with E-state index in [-0.39, 0.29) is 5.54 Å². The fourth-order valence-corrected chi connectivity index (χ4v) is 1.50. The van der Waals surface area contributed by atoms with Gasteiger partial charge in [-0.1, -0.05) is 25.4 Å². The summed E-state index contributed by atoms with van der Waals surface area (Å²) in [6.07, 6.45) is 3.44. The molecule has 1 aromatic rings. The van der Waals surface area contributed by atoms with E-state index in [0.717, 1.165) is 18.7 Å². The quantitative estimate of drug-likeness (QED) is 0.835. The number of nitrogens with zero attached hydrogens (tertiary/aromatic N) is 2. The Hall–Kier alpha value is -0.580. The summed E-state index contributed by atoms with van der Waals surface area (Å²) in [4.78, 5) is 4.15. The molecule has 0 atom stereocenters. The van der Waals surface area contributed by atoms with E-state index in [1.54, 1.807) is 10.8 Å². The molecule has 0 aromatic carbocycles. The Labute approximate surface area is 102 Å². The van der Waals surface area contributed by atoms with Crippen molar-refractivity contribution >= 4 is 11.6 Å². The van der Waals surface area contributed by atoms with Gasteiger partial charge in [0.15, 0.2) is 0 Å². The first-order valence-corrected chi connectivity index (χ1v) is 5.93.